The van der Waals surface area contributed by atoms with E-state index in [9.17, 15) is 4.79 Å². The van der Waals surface area contributed by atoms with Crippen LogP contribution in [0, 0.1) is 0 Å². The molecule has 0 aliphatic carbocycles. The molecular weight excluding hydrogens is 272 g/mol. The van der Waals surface area contributed by atoms with E-state index in [2.05, 4.69) is 14.9 Å². The Morgan fingerprint density at radius 3 is 2.56 bits per heavy atom. The molecule has 1 aliphatic rings. The minimum atomic E-state index is 0.125. The molecule has 1 aromatic heterocycles. The van der Waals surface area contributed by atoms with E-state index >= 15 is 0 Å². The quantitative estimate of drug-likeness (QED) is 0.469. The van der Waals surface area contributed by atoms with E-state index in [4.69, 9.17) is 11.6 Å². The number of rotatable bonds is 2. The van der Waals surface area contributed by atoms with Crippen LogP contribution >= 0.6 is 23.4 Å². The molecule has 1 aromatic rings. The Kier molecular flexibility index (Phi) is 4.29. The zero-order chi connectivity index (χ0) is 13.1. The van der Waals surface area contributed by atoms with E-state index in [1.165, 1.54) is 11.8 Å². The van der Waals surface area contributed by atoms with Crippen LogP contribution in [0.4, 0.5) is 5.82 Å². The number of hydrogen-bond donors (Lipinski definition) is 0. The van der Waals surface area contributed by atoms with E-state index in [-0.39, 0.29) is 5.91 Å². The van der Waals surface area contributed by atoms with Gasteiger partial charge in [0.15, 0.2) is 5.16 Å². The van der Waals surface area contributed by atoms with Gasteiger partial charge < -0.3 is 9.80 Å². The maximum Gasteiger partial charge on any atom is 0.219 e. The summed E-state index contributed by atoms with van der Waals surface area (Å²) in [6.07, 6.45) is 1.92. The minimum Gasteiger partial charge on any atom is -0.353 e. The summed E-state index contributed by atoms with van der Waals surface area (Å²) in [7, 11) is 0. The molecule has 7 heteroatoms. The molecule has 1 amide bonds. The molecule has 2 heterocycles. The van der Waals surface area contributed by atoms with E-state index in [1.54, 1.807) is 13.0 Å². The van der Waals surface area contributed by atoms with Gasteiger partial charge in [-0.1, -0.05) is 23.4 Å². The third kappa shape index (κ3) is 3.05. The maximum atomic E-state index is 11.3. The molecule has 18 heavy (non-hydrogen) atoms. The van der Waals surface area contributed by atoms with Crippen LogP contribution in [0.2, 0.25) is 5.15 Å². The monoisotopic (exact) mass is 286 g/mol. The fourth-order valence-electron chi connectivity index (χ4n) is 1.89. The first kappa shape index (κ1) is 13.4. The van der Waals surface area contributed by atoms with E-state index in [0.717, 1.165) is 32.0 Å². The first-order valence-corrected chi connectivity index (χ1v) is 7.29. The number of anilines is 1. The van der Waals surface area contributed by atoms with Crippen molar-refractivity contribution in [3.63, 3.8) is 0 Å². The number of aromatic nitrogens is 2. The first-order chi connectivity index (χ1) is 8.60. The maximum absolute atomic E-state index is 11.3. The fraction of sp³-hybridized carbons (Fsp3) is 0.545. The largest absolute Gasteiger partial charge is 0.353 e. The van der Waals surface area contributed by atoms with E-state index < -0.39 is 0 Å². The van der Waals surface area contributed by atoms with Crippen molar-refractivity contribution < 1.29 is 4.79 Å². The number of thioether (sulfide) groups is 1. The number of amides is 1. The van der Waals surface area contributed by atoms with Crippen molar-refractivity contribution >= 4 is 35.1 Å². The summed E-state index contributed by atoms with van der Waals surface area (Å²) in [4.78, 5) is 23.8. The molecule has 2 rings (SSSR count). The second kappa shape index (κ2) is 5.75. The van der Waals surface area contributed by atoms with Crippen molar-refractivity contribution in [2.75, 3.05) is 37.3 Å². The van der Waals surface area contributed by atoms with Crippen LogP contribution in [0.5, 0.6) is 0 Å². The van der Waals surface area contributed by atoms with Gasteiger partial charge in [-0.3, -0.25) is 4.79 Å². The molecule has 0 aromatic carbocycles. The van der Waals surface area contributed by atoms with Gasteiger partial charge in [-0.25, -0.2) is 9.97 Å². The van der Waals surface area contributed by atoms with Gasteiger partial charge in [0.05, 0.1) is 0 Å². The van der Waals surface area contributed by atoms with Gasteiger partial charge in [0, 0.05) is 39.2 Å². The summed E-state index contributed by atoms with van der Waals surface area (Å²) in [6.45, 7) is 4.61. The van der Waals surface area contributed by atoms with Gasteiger partial charge in [-0.15, -0.1) is 0 Å². The third-order valence-electron chi connectivity index (χ3n) is 2.89. The van der Waals surface area contributed by atoms with E-state index in [0.29, 0.717) is 10.3 Å². The Bertz CT molecular complexity index is 449. The van der Waals surface area contributed by atoms with Crippen molar-refractivity contribution in [1.29, 1.82) is 0 Å². The summed E-state index contributed by atoms with van der Waals surface area (Å²) in [5.41, 5.74) is 0. The summed E-state index contributed by atoms with van der Waals surface area (Å²) in [5.74, 6) is 0.961. The SMILES string of the molecule is CSc1nc(Cl)cc(N2CCN(C(C)=O)CC2)n1. The summed E-state index contributed by atoms with van der Waals surface area (Å²) in [6, 6.07) is 1.77. The van der Waals surface area contributed by atoms with Gasteiger partial charge in [-0.05, 0) is 6.26 Å². The van der Waals surface area contributed by atoms with Crippen molar-refractivity contribution in [2.24, 2.45) is 0 Å². The van der Waals surface area contributed by atoms with Gasteiger partial charge >= 0.3 is 0 Å². The second-order valence-corrected chi connectivity index (χ2v) is 5.19. The Morgan fingerprint density at radius 1 is 1.33 bits per heavy atom. The van der Waals surface area contributed by atoms with Gasteiger partial charge in [0.2, 0.25) is 5.91 Å². The zero-order valence-corrected chi connectivity index (χ0v) is 12.0. The van der Waals surface area contributed by atoms with Crippen molar-refractivity contribution in [3.8, 4) is 0 Å². The average molecular weight is 287 g/mol. The average Bonchev–Trinajstić information content (AvgIpc) is 2.38. The van der Waals surface area contributed by atoms with Crippen molar-refractivity contribution in [2.45, 2.75) is 12.1 Å². The fourth-order valence-corrected chi connectivity index (χ4v) is 2.49. The van der Waals surface area contributed by atoms with Crippen LogP contribution in [-0.4, -0.2) is 53.2 Å². The lowest BCUT2D eigenvalue weighted by molar-refractivity contribution is -0.129. The van der Waals surface area contributed by atoms with Crippen LogP contribution < -0.4 is 4.90 Å². The molecule has 0 unspecified atom stereocenters. The molecule has 98 valence electrons. The molecule has 0 radical (unpaired) electrons. The normalized spacial score (nSPS) is 15.9. The number of piperazine rings is 1. The highest BCUT2D eigenvalue weighted by Gasteiger charge is 2.20. The molecule has 0 atom stereocenters. The molecule has 1 aliphatic heterocycles. The highest BCUT2D eigenvalue weighted by molar-refractivity contribution is 7.98. The summed E-state index contributed by atoms with van der Waals surface area (Å²) < 4.78 is 0. The lowest BCUT2D eigenvalue weighted by Gasteiger charge is -2.34. The van der Waals surface area contributed by atoms with Crippen molar-refractivity contribution in [1.82, 2.24) is 14.9 Å². The van der Waals surface area contributed by atoms with Gasteiger partial charge in [-0.2, -0.15) is 0 Å². The van der Waals surface area contributed by atoms with Gasteiger partial charge in [0.1, 0.15) is 11.0 Å². The molecule has 0 spiro atoms. The number of nitrogens with zero attached hydrogens (tertiary/aromatic N) is 4. The third-order valence-corrected chi connectivity index (χ3v) is 3.63. The molecule has 0 saturated carbocycles. The van der Waals surface area contributed by atoms with Crippen LogP contribution in [0.1, 0.15) is 6.92 Å². The molecular formula is C11H15ClN4OS. The zero-order valence-electron chi connectivity index (χ0n) is 10.4. The molecule has 5 nitrogen and oxygen atoms in total. The van der Waals surface area contributed by atoms with Gasteiger partial charge in [0.25, 0.3) is 0 Å². The predicted octanol–water partition coefficient (Wildman–Crippen LogP) is 1.52. The highest BCUT2D eigenvalue weighted by Crippen LogP contribution is 2.21. The number of carbonyl (C=O) groups excluding carboxylic acids is 1. The summed E-state index contributed by atoms with van der Waals surface area (Å²) >= 11 is 7.44. The smallest absolute Gasteiger partial charge is 0.219 e. The summed E-state index contributed by atoms with van der Waals surface area (Å²) in [5, 5.41) is 1.13. The predicted molar refractivity (Wildman–Crippen MR) is 73.3 cm³/mol. The Labute approximate surface area is 116 Å². The molecule has 0 bridgehead atoms. The second-order valence-electron chi connectivity index (χ2n) is 4.03. The van der Waals surface area contributed by atoms with Crippen LogP contribution in [0.3, 0.4) is 0 Å². The Hall–Kier alpha value is -1.01. The standard InChI is InChI=1S/C11H15ClN4OS/c1-8(17)15-3-5-16(6-4-15)10-7-9(12)13-11(14-10)18-2/h7H,3-6H2,1-2H3. The molecule has 1 fully saturated rings. The number of hydrogen-bond acceptors (Lipinski definition) is 5. The Morgan fingerprint density at radius 2 is 2.00 bits per heavy atom. The van der Waals surface area contributed by atoms with Crippen LogP contribution in [0.25, 0.3) is 0 Å². The molecule has 0 N–H and O–H groups in total. The Balaban J connectivity index is 2.09. The highest BCUT2D eigenvalue weighted by atomic mass is 35.5. The first-order valence-electron chi connectivity index (χ1n) is 5.69. The lowest BCUT2D eigenvalue weighted by atomic mass is 10.3. The lowest BCUT2D eigenvalue weighted by Crippen LogP contribution is -2.48. The topological polar surface area (TPSA) is 49.3 Å². The number of carbonyl (C=O) groups is 1. The minimum absolute atomic E-state index is 0.125. The molecule has 1 saturated heterocycles. The van der Waals surface area contributed by atoms with Crippen LogP contribution in [-0.2, 0) is 4.79 Å². The van der Waals surface area contributed by atoms with Crippen LogP contribution in [0.15, 0.2) is 11.2 Å². The number of halogens is 1. The van der Waals surface area contributed by atoms with E-state index in [1.807, 2.05) is 11.2 Å². The van der Waals surface area contributed by atoms with Crippen molar-refractivity contribution in [3.05, 3.63) is 11.2 Å².